The normalized spacial score (nSPS) is 18.1. The second-order valence-electron chi connectivity index (χ2n) is 5.03. The first-order valence-electron chi connectivity index (χ1n) is 7.00. The van der Waals surface area contributed by atoms with Gasteiger partial charge in [0.15, 0.2) is 0 Å². The molecule has 1 saturated heterocycles. The first-order valence-corrected chi connectivity index (χ1v) is 7.53. The summed E-state index contributed by atoms with van der Waals surface area (Å²) in [5, 5.41) is 2.81. The van der Waals surface area contributed by atoms with Gasteiger partial charge in [-0.25, -0.2) is 4.79 Å². The van der Waals surface area contributed by atoms with E-state index in [2.05, 4.69) is 5.32 Å². The molecule has 2 amide bonds. The zero-order chi connectivity index (χ0) is 15.1. The van der Waals surface area contributed by atoms with Gasteiger partial charge in [0.1, 0.15) is 12.5 Å². The summed E-state index contributed by atoms with van der Waals surface area (Å²) in [5.74, 6) is -0.268. The van der Waals surface area contributed by atoms with Crippen LogP contribution in [0.3, 0.4) is 0 Å². The molecular weight excluding hydrogens is 292 g/mol. The fraction of sp³-hybridized carbons (Fsp3) is 0.467. The molecule has 1 aliphatic heterocycles. The van der Waals surface area contributed by atoms with Crippen LogP contribution in [0.4, 0.5) is 4.79 Å². The summed E-state index contributed by atoms with van der Waals surface area (Å²) < 4.78 is 5.30. The molecule has 1 fully saturated rings. The van der Waals surface area contributed by atoms with Gasteiger partial charge >= 0.3 is 6.09 Å². The highest BCUT2D eigenvalue weighted by atomic mass is 35.5. The van der Waals surface area contributed by atoms with Crippen LogP contribution in [0.1, 0.15) is 18.4 Å². The Bertz CT molecular complexity index is 481. The molecule has 2 rings (SSSR count). The standard InChI is InChI=1S/C15H19ClN2O3/c16-9-14(19)17-13-7-4-8-18(10-13)15(20)21-11-12-5-2-1-3-6-12/h1-3,5-6,13H,4,7-11H2,(H,17,19)/t13-/m1/s1. The Morgan fingerprint density at radius 1 is 1.33 bits per heavy atom. The number of benzene rings is 1. The quantitative estimate of drug-likeness (QED) is 0.867. The second kappa shape index (κ2) is 7.88. The Balaban J connectivity index is 1.80. The van der Waals surface area contributed by atoms with Crippen LogP contribution in [-0.4, -0.2) is 41.9 Å². The van der Waals surface area contributed by atoms with Crippen LogP contribution in [0, 0.1) is 0 Å². The molecule has 5 nitrogen and oxygen atoms in total. The van der Waals surface area contributed by atoms with E-state index in [1.54, 1.807) is 4.90 Å². The number of rotatable bonds is 4. The van der Waals surface area contributed by atoms with Gasteiger partial charge in [-0.1, -0.05) is 30.3 Å². The molecule has 1 heterocycles. The van der Waals surface area contributed by atoms with Gasteiger partial charge in [-0.15, -0.1) is 11.6 Å². The van der Waals surface area contributed by atoms with Crippen molar-refractivity contribution >= 4 is 23.6 Å². The maximum absolute atomic E-state index is 12.0. The first kappa shape index (κ1) is 15.6. The van der Waals surface area contributed by atoms with Crippen LogP contribution in [0.15, 0.2) is 30.3 Å². The number of carbonyl (C=O) groups excluding carboxylic acids is 2. The molecule has 0 saturated carbocycles. The number of alkyl halides is 1. The maximum Gasteiger partial charge on any atom is 0.410 e. The number of carbonyl (C=O) groups is 2. The van der Waals surface area contributed by atoms with E-state index in [9.17, 15) is 9.59 Å². The average Bonchev–Trinajstić information content (AvgIpc) is 2.53. The zero-order valence-corrected chi connectivity index (χ0v) is 12.5. The van der Waals surface area contributed by atoms with Gasteiger partial charge in [-0.3, -0.25) is 4.79 Å². The highest BCUT2D eigenvalue weighted by Gasteiger charge is 2.25. The smallest absolute Gasteiger partial charge is 0.410 e. The monoisotopic (exact) mass is 310 g/mol. The lowest BCUT2D eigenvalue weighted by Gasteiger charge is -2.32. The van der Waals surface area contributed by atoms with Crippen LogP contribution in [0.5, 0.6) is 0 Å². The van der Waals surface area contributed by atoms with Crippen molar-refractivity contribution < 1.29 is 14.3 Å². The number of likely N-dealkylation sites (tertiary alicyclic amines) is 1. The Kier molecular flexibility index (Phi) is 5.87. The molecule has 0 aromatic heterocycles. The largest absolute Gasteiger partial charge is 0.445 e. The second-order valence-corrected chi connectivity index (χ2v) is 5.29. The number of nitrogens with one attached hydrogen (secondary N) is 1. The predicted octanol–water partition coefficient (Wildman–Crippen LogP) is 2.14. The highest BCUT2D eigenvalue weighted by molar-refractivity contribution is 6.27. The van der Waals surface area contributed by atoms with Crippen LogP contribution < -0.4 is 5.32 Å². The third-order valence-electron chi connectivity index (χ3n) is 3.37. The fourth-order valence-corrected chi connectivity index (χ4v) is 2.41. The summed E-state index contributed by atoms with van der Waals surface area (Å²) >= 11 is 5.47. The van der Waals surface area contributed by atoms with E-state index < -0.39 is 0 Å². The molecule has 0 unspecified atom stereocenters. The van der Waals surface area contributed by atoms with Gasteiger partial charge in [0.2, 0.25) is 5.91 Å². The van der Waals surface area contributed by atoms with Crippen LogP contribution in [-0.2, 0) is 16.1 Å². The average molecular weight is 311 g/mol. The lowest BCUT2D eigenvalue weighted by molar-refractivity contribution is -0.119. The van der Waals surface area contributed by atoms with Crippen molar-refractivity contribution in [1.82, 2.24) is 10.2 Å². The lowest BCUT2D eigenvalue weighted by atomic mass is 10.1. The molecule has 1 aromatic carbocycles. The summed E-state index contributed by atoms with van der Waals surface area (Å²) in [6.07, 6.45) is 1.35. The van der Waals surface area contributed by atoms with Crippen molar-refractivity contribution in [3.8, 4) is 0 Å². The molecule has 21 heavy (non-hydrogen) atoms. The molecule has 1 atom stereocenters. The van der Waals surface area contributed by atoms with Gasteiger partial charge < -0.3 is 15.0 Å². The number of piperidine rings is 1. The third-order valence-corrected chi connectivity index (χ3v) is 3.61. The maximum atomic E-state index is 12.0. The van der Waals surface area contributed by atoms with Crippen LogP contribution in [0.2, 0.25) is 0 Å². The number of nitrogens with zero attached hydrogens (tertiary/aromatic N) is 1. The van der Waals surface area contributed by atoms with Gasteiger partial charge in [0, 0.05) is 19.1 Å². The van der Waals surface area contributed by atoms with Crippen molar-refractivity contribution in [1.29, 1.82) is 0 Å². The van der Waals surface area contributed by atoms with E-state index >= 15 is 0 Å². The zero-order valence-electron chi connectivity index (χ0n) is 11.8. The number of amides is 2. The topological polar surface area (TPSA) is 58.6 Å². The number of hydrogen-bond donors (Lipinski definition) is 1. The predicted molar refractivity (Wildman–Crippen MR) is 80.1 cm³/mol. The van der Waals surface area contributed by atoms with Crippen molar-refractivity contribution in [3.63, 3.8) is 0 Å². The Morgan fingerprint density at radius 2 is 2.10 bits per heavy atom. The van der Waals surface area contributed by atoms with Crippen LogP contribution >= 0.6 is 11.6 Å². The van der Waals surface area contributed by atoms with Crippen molar-refractivity contribution in [2.75, 3.05) is 19.0 Å². The molecule has 114 valence electrons. The summed E-state index contributed by atoms with van der Waals surface area (Å²) in [6, 6.07) is 9.50. The molecule has 0 bridgehead atoms. The van der Waals surface area contributed by atoms with E-state index in [4.69, 9.17) is 16.3 Å². The van der Waals surface area contributed by atoms with E-state index in [0.717, 1.165) is 18.4 Å². The van der Waals surface area contributed by atoms with Crippen molar-refractivity contribution in [2.24, 2.45) is 0 Å². The van der Waals surface area contributed by atoms with Crippen molar-refractivity contribution in [3.05, 3.63) is 35.9 Å². The molecule has 1 aromatic rings. The van der Waals surface area contributed by atoms with Crippen LogP contribution in [0.25, 0.3) is 0 Å². The minimum atomic E-state index is -0.344. The van der Waals surface area contributed by atoms with Gasteiger partial charge in [0.05, 0.1) is 0 Å². The van der Waals surface area contributed by atoms with Gasteiger partial charge in [0.25, 0.3) is 0 Å². The van der Waals surface area contributed by atoms with E-state index in [1.807, 2.05) is 30.3 Å². The molecule has 1 N–H and O–H groups in total. The third kappa shape index (κ3) is 4.93. The lowest BCUT2D eigenvalue weighted by Crippen LogP contribution is -2.50. The number of halogens is 1. The number of hydrogen-bond acceptors (Lipinski definition) is 3. The van der Waals surface area contributed by atoms with Gasteiger partial charge in [-0.2, -0.15) is 0 Å². The summed E-state index contributed by atoms with van der Waals surface area (Å²) in [7, 11) is 0. The number of ether oxygens (including phenoxy) is 1. The Labute approximate surface area is 129 Å². The van der Waals surface area contributed by atoms with Crippen molar-refractivity contribution in [2.45, 2.75) is 25.5 Å². The SMILES string of the molecule is O=C(CCl)N[C@@H]1CCCN(C(=O)OCc2ccccc2)C1. The summed E-state index contributed by atoms with van der Waals surface area (Å²) in [4.78, 5) is 25.0. The molecular formula is C15H19ClN2O3. The molecule has 0 aliphatic carbocycles. The van der Waals surface area contributed by atoms with Gasteiger partial charge in [-0.05, 0) is 18.4 Å². The fourth-order valence-electron chi connectivity index (χ4n) is 2.34. The minimum absolute atomic E-state index is 0.0470. The summed E-state index contributed by atoms with van der Waals surface area (Å²) in [6.45, 7) is 1.38. The van der Waals surface area contributed by atoms with E-state index in [-0.39, 0.29) is 30.5 Å². The molecule has 0 radical (unpaired) electrons. The highest BCUT2D eigenvalue weighted by Crippen LogP contribution is 2.12. The van der Waals surface area contributed by atoms with E-state index in [0.29, 0.717) is 13.1 Å². The first-order chi connectivity index (χ1) is 10.2. The minimum Gasteiger partial charge on any atom is -0.445 e. The molecule has 1 aliphatic rings. The summed E-state index contributed by atoms with van der Waals surface area (Å²) in [5.41, 5.74) is 0.954. The Morgan fingerprint density at radius 3 is 2.81 bits per heavy atom. The van der Waals surface area contributed by atoms with E-state index in [1.165, 1.54) is 0 Å². The molecule has 6 heteroatoms. The molecule has 0 spiro atoms. The Hall–Kier alpha value is -1.75.